The van der Waals surface area contributed by atoms with Crippen LogP contribution in [0.4, 0.5) is 0 Å². The minimum absolute atomic E-state index is 0. The molecule has 0 saturated heterocycles. The fraction of sp³-hybridized carbons (Fsp3) is 1.00. The first-order valence-corrected chi connectivity index (χ1v) is 4.62. The van der Waals surface area contributed by atoms with E-state index >= 15 is 0 Å². The Hall–Kier alpha value is 1.96. The van der Waals surface area contributed by atoms with Crippen LogP contribution in [0.1, 0.15) is 27.6 Å². The number of hydrogen-bond donors (Lipinski definition) is 1. The molecule has 10 heavy (non-hydrogen) atoms. The Morgan fingerprint density at radius 1 is 1.40 bits per heavy atom. The maximum absolute atomic E-state index is 10.1. The zero-order valence-corrected chi connectivity index (χ0v) is 13.6. The van der Waals surface area contributed by atoms with E-state index in [4.69, 9.17) is 4.55 Å². The molecule has 0 heterocycles. The fourth-order valence-corrected chi connectivity index (χ4v) is 1.10. The van der Waals surface area contributed by atoms with Crippen LogP contribution >= 0.6 is 0 Å². The molecule has 0 aromatic rings. The third kappa shape index (κ3) is 12.6. The monoisotopic (exact) mass is 286 g/mol. The summed E-state index contributed by atoms with van der Waals surface area (Å²) in [6.45, 7) is 1.98. The van der Waals surface area contributed by atoms with Crippen LogP contribution in [-0.4, -0.2) is 18.7 Å². The first kappa shape index (κ1) is 14.5. The summed E-state index contributed by atoms with van der Waals surface area (Å²) in [6, 6.07) is 0. The van der Waals surface area contributed by atoms with Gasteiger partial charge in [0.25, 0.3) is 10.1 Å². The molecule has 0 aliphatic rings. The van der Waals surface area contributed by atoms with E-state index in [-0.39, 0.29) is 76.1 Å². The van der Waals surface area contributed by atoms with E-state index in [1.54, 1.807) is 0 Å². The topological polar surface area (TPSA) is 54.4 Å². The van der Waals surface area contributed by atoms with Crippen molar-refractivity contribution >= 4 is 10.1 Å². The van der Waals surface area contributed by atoms with Gasteiger partial charge in [0.2, 0.25) is 0 Å². The van der Waals surface area contributed by atoms with E-state index in [1.807, 2.05) is 6.92 Å². The minimum Gasteiger partial charge on any atom is -1.00 e. The minimum atomic E-state index is -3.70. The Kier molecular flexibility index (Phi) is 11.0. The summed E-state index contributed by atoms with van der Waals surface area (Å²) in [5, 5.41) is 0. The van der Waals surface area contributed by atoms with Gasteiger partial charge in [-0.25, -0.2) is 0 Å². The van der Waals surface area contributed by atoms with Gasteiger partial charge in [-0.1, -0.05) is 19.8 Å². The molecular formula is C5H13CsO3S. The second kappa shape index (κ2) is 7.60. The van der Waals surface area contributed by atoms with E-state index in [0.29, 0.717) is 6.42 Å². The Balaban J connectivity index is -0.000000320. The quantitative estimate of drug-likeness (QED) is 0.489. The molecule has 0 saturated carbocycles. The van der Waals surface area contributed by atoms with Crippen LogP contribution in [0.3, 0.4) is 0 Å². The standard InChI is InChI=1S/C5H12O3S.Cs.H/c1-2-3-4-5-9(6,7)8;;/h2-5H2,1H3,(H,6,7,8);;/q;+1;-1. The number of rotatable bonds is 4. The summed E-state index contributed by atoms with van der Waals surface area (Å²) < 4.78 is 28.3. The van der Waals surface area contributed by atoms with Crippen LogP contribution in [0, 0.1) is 0 Å². The average molecular weight is 286 g/mol. The molecule has 0 unspecified atom stereocenters. The summed E-state index contributed by atoms with van der Waals surface area (Å²) in [4.78, 5) is 0. The molecule has 0 radical (unpaired) electrons. The van der Waals surface area contributed by atoms with E-state index < -0.39 is 10.1 Å². The smallest absolute Gasteiger partial charge is 1.00 e. The van der Waals surface area contributed by atoms with Gasteiger partial charge in [0.15, 0.2) is 0 Å². The maximum atomic E-state index is 10.1. The summed E-state index contributed by atoms with van der Waals surface area (Å²) in [7, 11) is -3.70. The molecule has 0 aliphatic carbocycles. The fourth-order valence-electron chi connectivity index (χ4n) is 0.534. The SMILES string of the molecule is CCCCCS(=O)(=O)O.[Cs+].[H-]. The summed E-state index contributed by atoms with van der Waals surface area (Å²) in [6.07, 6.45) is 2.39. The van der Waals surface area contributed by atoms with Gasteiger partial charge in [0, 0.05) is 0 Å². The second-order valence-electron chi connectivity index (χ2n) is 1.99. The van der Waals surface area contributed by atoms with Crippen molar-refractivity contribution in [3.8, 4) is 0 Å². The van der Waals surface area contributed by atoms with Crippen LogP contribution in [0.25, 0.3) is 0 Å². The van der Waals surface area contributed by atoms with Gasteiger partial charge in [-0.3, -0.25) is 4.55 Å². The molecule has 0 bridgehead atoms. The molecule has 1 N–H and O–H groups in total. The Labute approximate surface area is 123 Å². The van der Waals surface area contributed by atoms with Crippen molar-refractivity contribution in [2.75, 3.05) is 5.75 Å². The van der Waals surface area contributed by atoms with Crippen molar-refractivity contribution in [2.24, 2.45) is 0 Å². The summed E-state index contributed by atoms with van der Waals surface area (Å²) in [5.74, 6) is -0.0964. The molecule has 0 spiro atoms. The number of hydrogen-bond acceptors (Lipinski definition) is 2. The Morgan fingerprint density at radius 2 is 1.90 bits per heavy atom. The first-order valence-electron chi connectivity index (χ1n) is 3.01. The van der Waals surface area contributed by atoms with Crippen LogP contribution in [0.5, 0.6) is 0 Å². The van der Waals surface area contributed by atoms with Gasteiger partial charge < -0.3 is 1.43 Å². The predicted octanol–water partition coefficient (Wildman–Crippen LogP) is -1.82. The normalized spacial score (nSPS) is 10.6. The molecule has 0 aromatic carbocycles. The van der Waals surface area contributed by atoms with Crippen molar-refractivity contribution < 1.29 is 83.3 Å². The third-order valence-electron chi connectivity index (χ3n) is 1.01. The van der Waals surface area contributed by atoms with Crippen LogP contribution < -0.4 is 68.9 Å². The van der Waals surface area contributed by atoms with E-state index in [9.17, 15) is 8.42 Å². The molecule has 0 atom stereocenters. The van der Waals surface area contributed by atoms with Gasteiger partial charge in [-0.15, -0.1) is 0 Å². The van der Waals surface area contributed by atoms with Crippen LogP contribution in [0.15, 0.2) is 0 Å². The van der Waals surface area contributed by atoms with Crippen LogP contribution in [0.2, 0.25) is 0 Å². The van der Waals surface area contributed by atoms with Gasteiger partial charge in [-0.2, -0.15) is 8.42 Å². The molecular weight excluding hydrogens is 273 g/mol. The van der Waals surface area contributed by atoms with Gasteiger partial charge in [0.05, 0.1) is 5.75 Å². The van der Waals surface area contributed by atoms with Crippen LogP contribution in [-0.2, 0) is 10.1 Å². The summed E-state index contributed by atoms with van der Waals surface area (Å²) >= 11 is 0. The molecule has 0 amide bonds. The molecule has 3 nitrogen and oxygen atoms in total. The van der Waals surface area contributed by atoms with E-state index in [2.05, 4.69) is 0 Å². The maximum Gasteiger partial charge on any atom is 1.00 e. The van der Waals surface area contributed by atoms with Crippen molar-refractivity contribution in [2.45, 2.75) is 26.2 Å². The molecule has 5 heteroatoms. The molecule has 0 fully saturated rings. The zero-order chi connectivity index (χ0) is 7.33. The van der Waals surface area contributed by atoms with E-state index in [1.165, 1.54) is 0 Å². The zero-order valence-electron chi connectivity index (χ0n) is 7.50. The molecule has 0 rings (SSSR count). The molecule has 58 valence electrons. The average Bonchev–Trinajstić information content (AvgIpc) is 1.63. The largest absolute Gasteiger partial charge is 1.00 e. The van der Waals surface area contributed by atoms with Gasteiger partial charge >= 0.3 is 68.9 Å². The molecule has 0 aliphatic heterocycles. The van der Waals surface area contributed by atoms with Gasteiger partial charge in [-0.05, 0) is 6.42 Å². The summed E-state index contributed by atoms with van der Waals surface area (Å²) in [5.41, 5.74) is 0. The Bertz CT molecular complexity index is 157. The Morgan fingerprint density at radius 3 is 2.20 bits per heavy atom. The van der Waals surface area contributed by atoms with Crippen molar-refractivity contribution in [1.29, 1.82) is 0 Å². The van der Waals surface area contributed by atoms with Crippen molar-refractivity contribution in [1.82, 2.24) is 0 Å². The second-order valence-corrected chi connectivity index (χ2v) is 3.57. The van der Waals surface area contributed by atoms with Crippen molar-refractivity contribution in [3.63, 3.8) is 0 Å². The first-order chi connectivity index (χ1) is 4.06. The number of unbranched alkanes of at least 4 members (excludes halogenated alkanes) is 2. The third-order valence-corrected chi connectivity index (χ3v) is 1.81. The molecule has 0 aromatic heterocycles. The predicted molar refractivity (Wildman–Crippen MR) is 37.1 cm³/mol. The van der Waals surface area contributed by atoms with Gasteiger partial charge in [0.1, 0.15) is 0 Å². The van der Waals surface area contributed by atoms with Crippen molar-refractivity contribution in [3.05, 3.63) is 0 Å². The van der Waals surface area contributed by atoms with E-state index in [0.717, 1.165) is 12.8 Å².